The Labute approximate surface area is 169 Å². The predicted octanol–water partition coefficient (Wildman–Crippen LogP) is 5.36. The monoisotopic (exact) mass is 397 g/mol. The van der Waals surface area contributed by atoms with E-state index in [1.165, 1.54) is 34.4 Å². The molecule has 1 aromatic heterocycles. The van der Waals surface area contributed by atoms with E-state index in [-0.39, 0.29) is 0 Å². The van der Waals surface area contributed by atoms with E-state index in [4.69, 9.17) is 28.2 Å². The van der Waals surface area contributed by atoms with Crippen LogP contribution in [0.25, 0.3) is 10.9 Å². The molecule has 2 aromatic carbocycles. The van der Waals surface area contributed by atoms with Gasteiger partial charge in [-0.1, -0.05) is 29.3 Å². The van der Waals surface area contributed by atoms with Crippen molar-refractivity contribution in [3.05, 3.63) is 63.8 Å². The van der Waals surface area contributed by atoms with Crippen LogP contribution in [0.4, 0.5) is 11.4 Å². The Balaban J connectivity index is 1.49. The fourth-order valence-corrected chi connectivity index (χ4v) is 4.79. The summed E-state index contributed by atoms with van der Waals surface area (Å²) in [4.78, 5) is 9.86. The maximum atomic E-state index is 6.33. The van der Waals surface area contributed by atoms with E-state index in [2.05, 4.69) is 34.1 Å². The van der Waals surface area contributed by atoms with Gasteiger partial charge in [-0.15, -0.1) is 0 Å². The van der Waals surface area contributed by atoms with Crippen LogP contribution in [0, 0.1) is 0 Å². The van der Waals surface area contributed by atoms with Gasteiger partial charge in [0.1, 0.15) is 0 Å². The minimum absolute atomic E-state index is 0.779. The predicted molar refractivity (Wildman–Crippen MR) is 115 cm³/mol. The molecule has 3 aromatic rings. The average Bonchev–Trinajstić information content (AvgIpc) is 3.14. The number of aromatic nitrogens is 1. The maximum absolute atomic E-state index is 6.33. The highest BCUT2D eigenvalue weighted by atomic mass is 35.5. The second-order valence-electron chi connectivity index (χ2n) is 7.35. The molecule has 0 amide bonds. The first kappa shape index (κ1) is 17.2. The van der Waals surface area contributed by atoms with Crippen molar-refractivity contribution in [2.45, 2.75) is 19.3 Å². The van der Waals surface area contributed by atoms with Crippen LogP contribution < -0.4 is 9.80 Å². The van der Waals surface area contributed by atoms with Crippen molar-refractivity contribution in [2.75, 3.05) is 36.0 Å². The lowest BCUT2D eigenvalue weighted by molar-refractivity contribution is 0.653. The quantitative estimate of drug-likeness (QED) is 0.580. The fraction of sp³-hybridized carbons (Fsp3) is 0.318. The molecule has 27 heavy (non-hydrogen) atoms. The molecule has 1 fully saturated rings. The molecular weight excluding hydrogens is 377 g/mol. The molecule has 0 radical (unpaired) electrons. The fourth-order valence-electron chi connectivity index (χ4n) is 4.43. The van der Waals surface area contributed by atoms with Crippen molar-refractivity contribution in [3.63, 3.8) is 0 Å². The molecule has 0 saturated carbocycles. The highest BCUT2D eigenvalue weighted by Gasteiger charge is 2.26. The number of benzene rings is 2. The Bertz CT molecular complexity index is 1010. The van der Waals surface area contributed by atoms with Gasteiger partial charge in [-0.25, -0.2) is 0 Å². The van der Waals surface area contributed by atoms with E-state index in [1.54, 1.807) is 0 Å². The third-order valence-electron chi connectivity index (χ3n) is 5.71. The summed E-state index contributed by atoms with van der Waals surface area (Å²) >= 11 is 12.5. The molecule has 1 aliphatic carbocycles. The normalized spacial score (nSPS) is 16.8. The zero-order chi connectivity index (χ0) is 18.4. The minimum atomic E-state index is 0.779. The molecule has 2 aliphatic rings. The molecule has 3 nitrogen and oxygen atoms in total. The van der Waals surface area contributed by atoms with Crippen molar-refractivity contribution in [1.29, 1.82) is 0 Å². The van der Waals surface area contributed by atoms with Gasteiger partial charge in [-0.3, -0.25) is 4.98 Å². The van der Waals surface area contributed by atoms with Crippen LogP contribution in [-0.4, -0.2) is 31.2 Å². The Morgan fingerprint density at radius 3 is 2.41 bits per heavy atom. The molecule has 0 unspecified atom stereocenters. The second kappa shape index (κ2) is 6.88. The minimum Gasteiger partial charge on any atom is -0.368 e. The zero-order valence-electron chi connectivity index (χ0n) is 15.1. The molecule has 0 N–H and O–H groups in total. The third kappa shape index (κ3) is 3.13. The number of anilines is 2. The van der Waals surface area contributed by atoms with Crippen molar-refractivity contribution >= 4 is 45.5 Å². The first-order valence-electron chi connectivity index (χ1n) is 9.55. The van der Waals surface area contributed by atoms with Crippen molar-refractivity contribution in [2.24, 2.45) is 0 Å². The molecule has 0 bridgehead atoms. The first-order valence-corrected chi connectivity index (χ1v) is 10.3. The molecule has 2 heterocycles. The van der Waals surface area contributed by atoms with Crippen LogP contribution in [0.5, 0.6) is 0 Å². The van der Waals surface area contributed by atoms with E-state index in [9.17, 15) is 0 Å². The van der Waals surface area contributed by atoms with E-state index < -0.39 is 0 Å². The lowest BCUT2D eigenvalue weighted by atomic mass is 10.0. The van der Waals surface area contributed by atoms with Gasteiger partial charge < -0.3 is 9.80 Å². The van der Waals surface area contributed by atoms with E-state index in [1.807, 2.05) is 18.2 Å². The van der Waals surface area contributed by atoms with Gasteiger partial charge in [0.25, 0.3) is 0 Å². The highest BCUT2D eigenvalue weighted by Crippen LogP contribution is 2.38. The smallest absolute Gasteiger partial charge is 0.0727 e. The van der Waals surface area contributed by atoms with Crippen molar-refractivity contribution in [3.8, 4) is 0 Å². The zero-order valence-corrected chi connectivity index (χ0v) is 16.6. The summed E-state index contributed by atoms with van der Waals surface area (Å²) in [5.74, 6) is 0. The molecule has 5 heteroatoms. The maximum Gasteiger partial charge on any atom is 0.0727 e. The second-order valence-corrected chi connectivity index (χ2v) is 8.23. The molecule has 0 atom stereocenters. The first-order chi connectivity index (χ1) is 13.2. The van der Waals surface area contributed by atoms with Crippen LogP contribution in [0.1, 0.15) is 17.7 Å². The summed E-state index contributed by atoms with van der Waals surface area (Å²) in [6.45, 7) is 3.95. The summed E-state index contributed by atoms with van der Waals surface area (Å²) in [5, 5.41) is 2.77. The van der Waals surface area contributed by atoms with Crippen LogP contribution >= 0.6 is 23.2 Å². The van der Waals surface area contributed by atoms with Gasteiger partial charge in [-0.05, 0) is 61.2 Å². The Morgan fingerprint density at radius 2 is 1.59 bits per heavy atom. The molecule has 1 aliphatic heterocycles. The Hall–Kier alpha value is -1.97. The van der Waals surface area contributed by atoms with Gasteiger partial charge in [0.05, 0.1) is 11.2 Å². The summed E-state index contributed by atoms with van der Waals surface area (Å²) in [6, 6.07) is 14.2. The number of fused-ring (bicyclic) bond motifs is 2. The molecule has 138 valence electrons. The highest BCUT2D eigenvalue weighted by molar-refractivity contribution is 6.31. The SMILES string of the molecule is Clc1cccc(N2CCN(c3c4c(nc5ccc(Cl)cc35)CCC4)CC2)c1. The van der Waals surface area contributed by atoms with Crippen molar-refractivity contribution < 1.29 is 0 Å². The number of pyridine rings is 1. The number of nitrogens with zero attached hydrogens (tertiary/aromatic N) is 3. The summed E-state index contributed by atoms with van der Waals surface area (Å²) in [6.07, 6.45) is 3.40. The van der Waals surface area contributed by atoms with Crippen LogP contribution in [0.2, 0.25) is 10.0 Å². The number of rotatable bonds is 2. The lowest BCUT2D eigenvalue weighted by Gasteiger charge is -2.38. The van der Waals surface area contributed by atoms with Gasteiger partial charge in [0.15, 0.2) is 0 Å². The van der Waals surface area contributed by atoms with Crippen LogP contribution in [0.3, 0.4) is 0 Å². The Kier molecular flexibility index (Phi) is 4.37. The molecule has 1 saturated heterocycles. The molecule has 0 spiro atoms. The van der Waals surface area contributed by atoms with Gasteiger partial charge in [-0.2, -0.15) is 0 Å². The van der Waals surface area contributed by atoms with E-state index in [0.29, 0.717) is 0 Å². The van der Waals surface area contributed by atoms with E-state index in [0.717, 1.165) is 54.6 Å². The van der Waals surface area contributed by atoms with Crippen molar-refractivity contribution in [1.82, 2.24) is 4.98 Å². The topological polar surface area (TPSA) is 19.4 Å². The summed E-state index contributed by atoms with van der Waals surface area (Å²) in [7, 11) is 0. The third-order valence-corrected chi connectivity index (χ3v) is 6.18. The summed E-state index contributed by atoms with van der Waals surface area (Å²) in [5.41, 5.74) is 6.33. The number of halogens is 2. The standard InChI is InChI=1S/C22H21Cl2N3/c23-15-3-1-4-17(13-15)26-9-11-27(12-10-26)22-18-5-2-6-20(18)25-21-8-7-16(24)14-19(21)22/h1,3-4,7-8,13-14H,2,5-6,9-12H2. The van der Waals surface area contributed by atoms with Crippen LogP contribution in [0.15, 0.2) is 42.5 Å². The van der Waals surface area contributed by atoms with Gasteiger partial charge in [0.2, 0.25) is 0 Å². The lowest BCUT2D eigenvalue weighted by Crippen LogP contribution is -2.47. The molecule has 5 rings (SSSR count). The number of hydrogen-bond acceptors (Lipinski definition) is 3. The largest absolute Gasteiger partial charge is 0.368 e. The Morgan fingerprint density at radius 1 is 0.815 bits per heavy atom. The number of hydrogen-bond donors (Lipinski definition) is 0. The van der Waals surface area contributed by atoms with Crippen LogP contribution in [-0.2, 0) is 12.8 Å². The summed E-state index contributed by atoms with van der Waals surface area (Å²) < 4.78 is 0. The number of aryl methyl sites for hydroxylation is 1. The van der Waals surface area contributed by atoms with Gasteiger partial charge >= 0.3 is 0 Å². The number of piperazine rings is 1. The molecular formula is C22H21Cl2N3. The average molecular weight is 398 g/mol. The van der Waals surface area contributed by atoms with E-state index >= 15 is 0 Å². The van der Waals surface area contributed by atoms with Gasteiger partial charge in [0, 0.05) is 53.0 Å².